The number of carboxylic acid groups (broad SMARTS) is 1. The lowest BCUT2D eigenvalue weighted by molar-refractivity contribution is 0.194. The number of carbonyl (C=O) groups is 1. The molecule has 1 unspecified atom stereocenters. The Morgan fingerprint density at radius 3 is 2.72 bits per heavy atom. The van der Waals surface area contributed by atoms with Crippen LogP contribution < -0.4 is 5.32 Å². The Kier molecular flexibility index (Phi) is 6.73. The van der Waals surface area contributed by atoms with Crippen molar-refractivity contribution in [2.75, 3.05) is 0 Å². The van der Waals surface area contributed by atoms with Crippen molar-refractivity contribution in [2.45, 2.75) is 71.3 Å². The van der Waals surface area contributed by atoms with Crippen LogP contribution in [0.5, 0.6) is 11.5 Å². The van der Waals surface area contributed by atoms with E-state index < -0.39 is 6.09 Å². The quantitative estimate of drug-likeness (QED) is 0.421. The fourth-order valence-electron chi connectivity index (χ4n) is 3.62. The summed E-state index contributed by atoms with van der Waals surface area (Å²) in [6, 6.07) is 1.71. The van der Waals surface area contributed by atoms with Crippen LogP contribution in [0.25, 0.3) is 0 Å². The number of aromatic hydroxyl groups is 2. The molecule has 0 saturated heterocycles. The highest BCUT2D eigenvalue weighted by Gasteiger charge is 2.24. The van der Waals surface area contributed by atoms with Gasteiger partial charge in [-0.2, -0.15) is 0 Å². The molecule has 0 heterocycles. The molecule has 1 aromatic rings. The fourth-order valence-corrected chi connectivity index (χ4v) is 3.62. The van der Waals surface area contributed by atoms with Crippen LogP contribution in [-0.4, -0.2) is 21.4 Å². The van der Waals surface area contributed by atoms with E-state index in [0.717, 1.165) is 44.1 Å². The van der Waals surface area contributed by atoms with Gasteiger partial charge in [-0.05, 0) is 50.7 Å². The Bertz CT molecular complexity index is 652. The molecule has 138 valence electrons. The molecule has 1 aromatic carbocycles. The zero-order valence-corrected chi connectivity index (χ0v) is 15.1. The Morgan fingerprint density at radius 1 is 1.32 bits per heavy atom. The number of phenols is 2. The topological polar surface area (TPSA) is 89.8 Å². The van der Waals surface area contributed by atoms with Crippen LogP contribution in [-0.2, 0) is 13.0 Å². The first-order valence-corrected chi connectivity index (χ1v) is 9.14. The number of phenolic OH excluding ortho intramolecular Hbond substituents is 2. The molecule has 1 amide bonds. The van der Waals surface area contributed by atoms with E-state index in [1.807, 2.05) is 0 Å². The lowest BCUT2D eigenvalue weighted by atomic mass is 9.83. The van der Waals surface area contributed by atoms with Gasteiger partial charge in [-0.1, -0.05) is 31.4 Å². The van der Waals surface area contributed by atoms with Crippen molar-refractivity contribution in [1.29, 1.82) is 0 Å². The molecule has 1 aliphatic rings. The van der Waals surface area contributed by atoms with Gasteiger partial charge in [-0.25, -0.2) is 4.79 Å². The first-order valence-electron chi connectivity index (χ1n) is 9.14. The summed E-state index contributed by atoms with van der Waals surface area (Å²) >= 11 is 0. The van der Waals surface area contributed by atoms with E-state index >= 15 is 0 Å². The number of benzene rings is 1. The van der Waals surface area contributed by atoms with E-state index in [2.05, 4.69) is 25.2 Å². The van der Waals surface area contributed by atoms with E-state index in [0.29, 0.717) is 17.5 Å². The number of hydrogen-bond acceptors (Lipinski definition) is 3. The molecule has 0 aromatic heterocycles. The second kappa shape index (κ2) is 8.79. The summed E-state index contributed by atoms with van der Waals surface area (Å²) < 4.78 is 0. The monoisotopic (exact) mass is 347 g/mol. The minimum absolute atomic E-state index is 0.0259. The molecule has 5 heteroatoms. The standard InChI is InChI=1S/C20H29NO4/c1-3-4-5-8-14-11-17(22)18(15-9-6-7-13(2)10-15)19(23)16(14)12-21-20(24)25/h10-11,15,21-23H,3-9,12H2,1-2H3,(H,24,25). The maximum absolute atomic E-state index is 10.9. The molecule has 0 radical (unpaired) electrons. The van der Waals surface area contributed by atoms with Gasteiger partial charge in [0.25, 0.3) is 0 Å². The first kappa shape index (κ1) is 19.2. The summed E-state index contributed by atoms with van der Waals surface area (Å²) in [4.78, 5) is 10.9. The highest BCUT2D eigenvalue weighted by molar-refractivity contribution is 5.65. The average Bonchev–Trinajstić information content (AvgIpc) is 2.54. The van der Waals surface area contributed by atoms with Gasteiger partial charge in [0, 0.05) is 17.0 Å². The molecule has 0 fully saturated rings. The number of amides is 1. The highest BCUT2D eigenvalue weighted by Crippen LogP contribution is 2.43. The number of hydrogen-bond donors (Lipinski definition) is 4. The SMILES string of the molecule is CCCCCc1cc(O)c(C2C=C(C)CCC2)c(O)c1CNC(=O)O. The third kappa shape index (κ3) is 4.91. The number of rotatable bonds is 7. The summed E-state index contributed by atoms with van der Waals surface area (Å²) in [5.41, 5.74) is 3.19. The van der Waals surface area contributed by atoms with Crippen LogP contribution >= 0.6 is 0 Å². The van der Waals surface area contributed by atoms with Gasteiger partial charge < -0.3 is 20.6 Å². The van der Waals surface area contributed by atoms with Crippen LogP contribution in [0.15, 0.2) is 17.7 Å². The van der Waals surface area contributed by atoms with Crippen molar-refractivity contribution < 1.29 is 20.1 Å². The highest BCUT2D eigenvalue weighted by atomic mass is 16.4. The van der Waals surface area contributed by atoms with Crippen LogP contribution in [0.2, 0.25) is 0 Å². The summed E-state index contributed by atoms with van der Waals surface area (Å²) in [7, 11) is 0. The molecule has 4 N–H and O–H groups in total. The zero-order valence-electron chi connectivity index (χ0n) is 15.1. The van der Waals surface area contributed by atoms with Crippen LogP contribution in [0.1, 0.15) is 75.0 Å². The molecule has 1 atom stereocenters. The van der Waals surface area contributed by atoms with Crippen molar-refractivity contribution in [3.8, 4) is 11.5 Å². The molecule has 0 saturated carbocycles. The number of nitrogens with one attached hydrogen (secondary N) is 1. The van der Waals surface area contributed by atoms with Gasteiger partial charge in [0.1, 0.15) is 11.5 Å². The van der Waals surface area contributed by atoms with Gasteiger partial charge in [0.05, 0.1) is 6.54 Å². The van der Waals surface area contributed by atoms with Gasteiger partial charge in [0.15, 0.2) is 0 Å². The minimum atomic E-state index is -1.12. The second-order valence-corrected chi connectivity index (χ2v) is 6.92. The molecular formula is C20H29NO4. The molecule has 25 heavy (non-hydrogen) atoms. The molecule has 0 bridgehead atoms. The third-order valence-corrected chi connectivity index (χ3v) is 4.92. The minimum Gasteiger partial charge on any atom is -0.507 e. The van der Waals surface area contributed by atoms with E-state index in [1.54, 1.807) is 6.07 Å². The molecule has 0 spiro atoms. The molecule has 1 aliphatic carbocycles. The normalized spacial score (nSPS) is 17.2. The smallest absolute Gasteiger partial charge is 0.404 e. The Hall–Kier alpha value is -2.17. The Morgan fingerprint density at radius 2 is 2.08 bits per heavy atom. The van der Waals surface area contributed by atoms with Gasteiger partial charge in [-0.3, -0.25) is 0 Å². The molecular weight excluding hydrogens is 318 g/mol. The van der Waals surface area contributed by atoms with Gasteiger partial charge in [0.2, 0.25) is 0 Å². The number of unbranched alkanes of at least 4 members (excludes halogenated alkanes) is 2. The summed E-state index contributed by atoms with van der Waals surface area (Å²) in [5.74, 6) is 0.122. The van der Waals surface area contributed by atoms with E-state index in [1.165, 1.54) is 5.57 Å². The number of aryl methyl sites for hydroxylation is 1. The van der Waals surface area contributed by atoms with Crippen molar-refractivity contribution in [3.63, 3.8) is 0 Å². The predicted octanol–water partition coefficient (Wildman–Crippen LogP) is 4.81. The average molecular weight is 347 g/mol. The van der Waals surface area contributed by atoms with Crippen LogP contribution in [0.3, 0.4) is 0 Å². The van der Waals surface area contributed by atoms with Crippen LogP contribution in [0, 0.1) is 0 Å². The van der Waals surface area contributed by atoms with Gasteiger partial charge in [-0.15, -0.1) is 0 Å². The van der Waals surface area contributed by atoms with Crippen molar-refractivity contribution >= 4 is 6.09 Å². The second-order valence-electron chi connectivity index (χ2n) is 6.92. The maximum Gasteiger partial charge on any atom is 0.404 e. The van der Waals surface area contributed by atoms with Crippen molar-refractivity contribution in [2.24, 2.45) is 0 Å². The van der Waals surface area contributed by atoms with E-state index in [4.69, 9.17) is 5.11 Å². The zero-order chi connectivity index (χ0) is 18.4. The van der Waals surface area contributed by atoms with Gasteiger partial charge >= 0.3 is 6.09 Å². The first-order chi connectivity index (χ1) is 11.9. The van der Waals surface area contributed by atoms with Crippen LogP contribution in [0.4, 0.5) is 4.79 Å². The summed E-state index contributed by atoms with van der Waals surface area (Å²) in [5, 5.41) is 32.7. The number of allylic oxidation sites excluding steroid dienone is 2. The molecule has 0 aliphatic heterocycles. The van der Waals surface area contributed by atoms with E-state index in [9.17, 15) is 15.0 Å². The van der Waals surface area contributed by atoms with E-state index in [-0.39, 0.29) is 24.0 Å². The van der Waals surface area contributed by atoms with Crippen molar-refractivity contribution in [3.05, 3.63) is 34.4 Å². The largest absolute Gasteiger partial charge is 0.507 e. The lowest BCUT2D eigenvalue weighted by Crippen LogP contribution is -2.21. The predicted molar refractivity (Wildman–Crippen MR) is 98.2 cm³/mol. The molecule has 5 nitrogen and oxygen atoms in total. The van der Waals surface area contributed by atoms with Crippen molar-refractivity contribution in [1.82, 2.24) is 5.32 Å². The summed E-state index contributed by atoms with van der Waals surface area (Å²) in [6.45, 7) is 4.22. The summed E-state index contributed by atoms with van der Waals surface area (Å²) in [6.07, 6.45) is 7.70. The molecule has 2 rings (SSSR count). The fraction of sp³-hybridized carbons (Fsp3) is 0.550. The Labute approximate surface area is 149 Å². The lowest BCUT2D eigenvalue weighted by Gasteiger charge is -2.24. The third-order valence-electron chi connectivity index (χ3n) is 4.92. The maximum atomic E-state index is 10.9. The Balaban J connectivity index is 2.41.